The third kappa shape index (κ3) is 1.79. The van der Waals surface area contributed by atoms with E-state index in [4.69, 9.17) is 10.0 Å². The van der Waals surface area contributed by atoms with Crippen LogP contribution in [0.1, 0.15) is 0 Å². The molecule has 1 aromatic rings. The van der Waals surface area contributed by atoms with Crippen LogP contribution in [0.25, 0.3) is 0 Å². The average molecular weight is 128 g/mol. The molecule has 0 spiro atoms. The van der Waals surface area contributed by atoms with Crippen molar-refractivity contribution in [2.45, 2.75) is 0 Å². The first kappa shape index (κ1) is 6.19. The van der Waals surface area contributed by atoms with Crippen molar-refractivity contribution in [2.75, 3.05) is 0 Å². The van der Waals surface area contributed by atoms with Crippen molar-refractivity contribution in [1.29, 1.82) is 0 Å². The lowest BCUT2D eigenvalue weighted by atomic mass is 10.2. The molecule has 0 aromatic carbocycles. The van der Waals surface area contributed by atoms with E-state index >= 15 is 0 Å². The van der Waals surface area contributed by atoms with Crippen LogP contribution in [-0.4, -0.2) is 17.4 Å². The molecule has 2 N–H and O–H groups in total. The van der Waals surface area contributed by atoms with E-state index in [1.165, 1.54) is 18.6 Å². The summed E-state index contributed by atoms with van der Waals surface area (Å²) >= 11 is 0. The van der Waals surface area contributed by atoms with Gasteiger partial charge in [0.1, 0.15) is 12.0 Å². The smallest absolute Gasteiger partial charge is 0.509 e. The first-order valence-electron chi connectivity index (χ1n) is 2.34. The van der Waals surface area contributed by atoms with Crippen molar-refractivity contribution in [3.63, 3.8) is 0 Å². The molecule has 0 bridgehead atoms. The zero-order chi connectivity index (χ0) is 6.69. The van der Waals surface area contributed by atoms with Gasteiger partial charge in [-0.25, -0.2) is 0 Å². The Morgan fingerprint density at radius 1 is 1.56 bits per heavy atom. The average Bonchev–Trinajstić information content (AvgIpc) is 2.15. The summed E-state index contributed by atoms with van der Waals surface area (Å²) in [5, 5.41) is 16.4. The zero-order valence-electron chi connectivity index (χ0n) is 4.52. The number of furan rings is 1. The van der Waals surface area contributed by atoms with Crippen LogP contribution in [0.4, 0.5) is 0 Å². The lowest BCUT2D eigenvalue weighted by Crippen LogP contribution is -2.20. The van der Waals surface area contributed by atoms with Gasteiger partial charge in [0.05, 0.1) is 6.26 Å². The molecular formula is C4H5BO4. The van der Waals surface area contributed by atoms with Crippen LogP contribution >= 0.6 is 0 Å². The van der Waals surface area contributed by atoms with Gasteiger partial charge >= 0.3 is 7.32 Å². The fourth-order valence-electron chi connectivity index (χ4n) is 0.441. The van der Waals surface area contributed by atoms with Gasteiger partial charge in [-0.1, -0.05) is 0 Å². The molecule has 1 aromatic heterocycles. The fraction of sp³-hybridized carbons (Fsp3) is 0. The quantitative estimate of drug-likeness (QED) is 0.533. The third-order valence-electron chi connectivity index (χ3n) is 0.737. The van der Waals surface area contributed by atoms with Crippen molar-refractivity contribution < 1.29 is 19.1 Å². The molecule has 0 aliphatic carbocycles. The Hall–Kier alpha value is -0.935. The van der Waals surface area contributed by atoms with E-state index in [9.17, 15) is 0 Å². The predicted molar refractivity (Wildman–Crippen MR) is 29.5 cm³/mol. The Balaban J connectivity index is 2.48. The van der Waals surface area contributed by atoms with E-state index < -0.39 is 7.32 Å². The summed E-state index contributed by atoms with van der Waals surface area (Å²) in [6.45, 7) is 0. The Kier molecular flexibility index (Phi) is 1.76. The monoisotopic (exact) mass is 128 g/mol. The molecule has 9 heavy (non-hydrogen) atoms. The zero-order valence-corrected chi connectivity index (χ0v) is 4.52. The van der Waals surface area contributed by atoms with Gasteiger partial charge in [-0.3, -0.25) is 0 Å². The number of hydrogen-bond donors (Lipinski definition) is 2. The minimum Gasteiger partial charge on any atom is -0.509 e. The summed E-state index contributed by atoms with van der Waals surface area (Å²) in [6.07, 6.45) is 2.64. The minimum absolute atomic E-state index is 0.296. The Labute approximate surface area is 51.9 Å². The van der Waals surface area contributed by atoms with Crippen LogP contribution in [-0.2, 0) is 0 Å². The van der Waals surface area contributed by atoms with E-state index in [2.05, 4.69) is 9.07 Å². The Bertz CT molecular complexity index is 159. The summed E-state index contributed by atoms with van der Waals surface area (Å²) in [5.74, 6) is 0.296. The Morgan fingerprint density at radius 3 is 2.78 bits per heavy atom. The fourth-order valence-corrected chi connectivity index (χ4v) is 0.441. The molecule has 0 unspecified atom stereocenters. The number of hydrogen-bond acceptors (Lipinski definition) is 4. The Morgan fingerprint density at radius 2 is 2.33 bits per heavy atom. The highest BCUT2D eigenvalue weighted by Gasteiger charge is 2.10. The highest BCUT2D eigenvalue weighted by atomic mass is 16.6. The van der Waals surface area contributed by atoms with E-state index in [1.54, 1.807) is 0 Å². The van der Waals surface area contributed by atoms with Gasteiger partial charge in [0, 0.05) is 6.07 Å². The summed E-state index contributed by atoms with van der Waals surface area (Å²) < 4.78 is 8.94. The summed E-state index contributed by atoms with van der Waals surface area (Å²) in [5.41, 5.74) is 0. The predicted octanol–water partition coefficient (Wildman–Crippen LogP) is -0.372. The molecule has 1 heterocycles. The molecule has 0 radical (unpaired) electrons. The summed E-state index contributed by atoms with van der Waals surface area (Å²) in [4.78, 5) is 0. The van der Waals surface area contributed by atoms with Crippen molar-refractivity contribution in [3.8, 4) is 5.75 Å². The van der Waals surface area contributed by atoms with Crippen LogP contribution in [0.3, 0.4) is 0 Å². The molecule has 0 saturated carbocycles. The second-order valence-electron chi connectivity index (χ2n) is 1.40. The highest BCUT2D eigenvalue weighted by Crippen LogP contribution is 2.09. The summed E-state index contributed by atoms with van der Waals surface area (Å²) in [7, 11) is -1.78. The van der Waals surface area contributed by atoms with Crippen LogP contribution < -0.4 is 4.65 Å². The standard InChI is InChI=1S/C4H5BO4/c6-5(7)9-4-1-2-8-3-4/h1-3,6-7H. The SMILES string of the molecule is OB(O)Oc1ccoc1. The molecule has 5 heteroatoms. The third-order valence-corrected chi connectivity index (χ3v) is 0.737. The molecule has 0 atom stereocenters. The van der Waals surface area contributed by atoms with Crippen molar-refractivity contribution in [2.24, 2.45) is 0 Å². The van der Waals surface area contributed by atoms with E-state index in [0.717, 1.165) is 0 Å². The van der Waals surface area contributed by atoms with Crippen molar-refractivity contribution in [3.05, 3.63) is 18.6 Å². The normalized spacial score (nSPS) is 9.11. The molecule has 0 aliphatic heterocycles. The number of rotatable bonds is 2. The molecule has 4 nitrogen and oxygen atoms in total. The maximum atomic E-state index is 8.22. The van der Waals surface area contributed by atoms with Crippen LogP contribution in [0.2, 0.25) is 0 Å². The van der Waals surface area contributed by atoms with Crippen LogP contribution in [0.5, 0.6) is 5.75 Å². The molecule has 0 fully saturated rings. The van der Waals surface area contributed by atoms with Gasteiger partial charge in [0.2, 0.25) is 0 Å². The molecule has 48 valence electrons. The second-order valence-corrected chi connectivity index (χ2v) is 1.40. The lowest BCUT2D eigenvalue weighted by molar-refractivity contribution is 0.286. The lowest BCUT2D eigenvalue weighted by Gasteiger charge is -1.96. The van der Waals surface area contributed by atoms with Crippen molar-refractivity contribution in [1.82, 2.24) is 0 Å². The molecule has 0 saturated heterocycles. The minimum atomic E-state index is -1.78. The van der Waals surface area contributed by atoms with Gasteiger partial charge in [-0.15, -0.1) is 0 Å². The van der Waals surface area contributed by atoms with Gasteiger partial charge in [-0.05, 0) is 0 Å². The largest absolute Gasteiger partial charge is 0.707 e. The maximum absolute atomic E-state index is 8.22. The van der Waals surface area contributed by atoms with Crippen LogP contribution in [0.15, 0.2) is 23.0 Å². The van der Waals surface area contributed by atoms with Gasteiger partial charge < -0.3 is 19.1 Å². The first-order chi connectivity index (χ1) is 4.29. The van der Waals surface area contributed by atoms with Gasteiger partial charge in [0.15, 0.2) is 0 Å². The molecular weight excluding hydrogens is 123 g/mol. The van der Waals surface area contributed by atoms with E-state index in [-0.39, 0.29) is 0 Å². The van der Waals surface area contributed by atoms with Crippen LogP contribution in [0, 0.1) is 0 Å². The van der Waals surface area contributed by atoms with Gasteiger partial charge in [0.25, 0.3) is 0 Å². The second kappa shape index (κ2) is 2.57. The van der Waals surface area contributed by atoms with E-state index in [1.807, 2.05) is 0 Å². The van der Waals surface area contributed by atoms with Gasteiger partial charge in [-0.2, -0.15) is 0 Å². The first-order valence-corrected chi connectivity index (χ1v) is 2.34. The van der Waals surface area contributed by atoms with E-state index in [0.29, 0.717) is 5.75 Å². The molecule has 0 aliphatic rings. The maximum Gasteiger partial charge on any atom is 0.707 e. The topological polar surface area (TPSA) is 62.8 Å². The highest BCUT2D eigenvalue weighted by molar-refractivity contribution is 6.33. The summed E-state index contributed by atoms with van der Waals surface area (Å²) in [6, 6.07) is 1.47. The molecule has 1 rings (SSSR count). The molecule has 0 amide bonds. The van der Waals surface area contributed by atoms with Crippen molar-refractivity contribution >= 4 is 7.32 Å².